The van der Waals surface area contributed by atoms with Crippen LogP contribution in [0.1, 0.15) is 10.4 Å². The summed E-state index contributed by atoms with van der Waals surface area (Å²) in [6, 6.07) is 11.7. The highest BCUT2D eigenvalue weighted by Crippen LogP contribution is 2.19. The second-order valence-electron chi connectivity index (χ2n) is 4.07. The molecule has 100 valence electrons. The fourth-order valence-corrected chi connectivity index (χ4v) is 1.83. The third-order valence-electron chi connectivity index (χ3n) is 2.72. The predicted octanol–water partition coefficient (Wildman–Crippen LogP) is 1.94. The minimum Gasteiger partial charge on any atom is -0.398 e. The molecule has 7 heteroatoms. The number of carbonyl (C=O) groups excluding carboxylic acids is 1. The molecule has 0 atom stereocenters. The maximum Gasteiger partial charge on any atom is 0.365 e. The van der Waals surface area contributed by atoms with E-state index in [2.05, 4.69) is 10.3 Å². The normalized spacial score (nSPS) is 10.7. The molecule has 0 unspecified atom stereocenters. The van der Waals surface area contributed by atoms with Gasteiger partial charge in [-0.15, -0.1) is 5.10 Å². The number of nitrogens with two attached hydrogens (primary N) is 1. The van der Waals surface area contributed by atoms with Gasteiger partial charge in [-0.25, -0.2) is 4.79 Å². The Morgan fingerprint density at radius 3 is 2.85 bits per heavy atom. The van der Waals surface area contributed by atoms with Gasteiger partial charge in [-0.3, -0.25) is 0 Å². The minimum absolute atomic E-state index is 0.284. The van der Waals surface area contributed by atoms with Crippen LogP contribution in [0.5, 0.6) is 0 Å². The Balaban J connectivity index is 1.90. The van der Waals surface area contributed by atoms with Gasteiger partial charge in [0, 0.05) is 0 Å². The fourth-order valence-electron chi connectivity index (χ4n) is 1.72. The Morgan fingerprint density at radius 1 is 1.25 bits per heavy atom. The summed E-state index contributed by atoms with van der Waals surface area (Å²) < 4.78 is 0. The zero-order valence-electron chi connectivity index (χ0n) is 10.2. The van der Waals surface area contributed by atoms with Crippen molar-refractivity contribution in [3.8, 4) is 0 Å². The van der Waals surface area contributed by atoms with E-state index in [9.17, 15) is 4.79 Å². The number of hydrogen-bond donors (Lipinski definition) is 1. The van der Waals surface area contributed by atoms with Gasteiger partial charge in [-0.05, 0) is 35.5 Å². The van der Waals surface area contributed by atoms with Gasteiger partial charge >= 0.3 is 5.97 Å². The molecule has 0 amide bonds. The average molecular weight is 289 g/mol. The topological polar surface area (TPSA) is 83.0 Å². The molecule has 0 bridgehead atoms. The summed E-state index contributed by atoms with van der Waals surface area (Å²) >= 11 is 5.80. The van der Waals surface area contributed by atoms with Crippen molar-refractivity contribution in [3.05, 3.63) is 53.1 Å². The first kappa shape index (κ1) is 12.4. The standard InChI is InChI=1S/C13H9ClN4O2/c14-9-6-5-8(7-10(9)15)13(19)20-18-12-4-2-1-3-11(12)16-17-18/h1-7H,15H2. The lowest BCUT2D eigenvalue weighted by atomic mass is 10.2. The van der Waals surface area contributed by atoms with Crippen molar-refractivity contribution in [3.63, 3.8) is 0 Å². The number of nitrogens with zero attached hydrogens (tertiary/aromatic N) is 3. The minimum atomic E-state index is -0.594. The summed E-state index contributed by atoms with van der Waals surface area (Å²) in [4.78, 5) is 18.2. The van der Waals surface area contributed by atoms with Crippen molar-refractivity contribution >= 4 is 34.3 Å². The number of anilines is 1. The highest BCUT2D eigenvalue weighted by atomic mass is 35.5. The van der Waals surface area contributed by atoms with Gasteiger partial charge in [-0.1, -0.05) is 28.6 Å². The van der Waals surface area contributed by atoms with E-state index in [4.69, 9.17) is 22.2 Å². The molecule has 1 aromatic heterocycles. The second-order valence-corrected chi connectivity index (χ2v) is 4.47. The molecular formula is C13H9ClN4O2. The highest BCUT2D eigenvalue weighted by molar-refractivity contribution is 6.33. The van der Waals surface area contributed by atoms with Crippen molar-refractivity contribution in [1.82, 2.24) is 15.2 Å². The Labute approximate surface area is 118 Å². The van der Waals surface area contributed by atoms with Crippen LogP contribution in [-0.2, 0) is 0 Å². The molecule has 3 aromatic rings. The van der Waals surface area contributed by atoms with Gasteiger partial charge in [0.05, 0.1) is 16.3 Å². The molecule has 20 heavy (non-hydrogen) atoms. The smallest absolute Gasteiger partial charge is 0.365 e. The number of nitrogen functional groups attached to an aromatic ring is 1. The Hall–Kier alpha value is -2.60. The summed E-state index contributed by atoms with van der Waals surface area (Å²) in [5.74, 6) is -0.594. The summed E-state index contributed by atoms with van der Waals surface area (Å²) in [5.41, 5.74) is 7.48. The molecular weight excluding hydrogens is 280 g/mol. The van der Waals surface area contributed by atoms with Gasteiger partial charge in [0.25, 0.3) is 0 Å². The number of para-hydroxylation sites is 1. The first-order valence-electron chi connectivity index (χ1n) is 5.73. The van der Waals surface area contributed by atoms with E-state index in [0.717, 1.165) is 4.85 Å². The van der Waals surface area contributed by atoms with Crippen LogP contribution in [0.15, 0.2) is 42.5 Å². The largest absolute Gasteiger partial charge is 0.398 e. The molecule has 2 aromatic carbocycles. The first-order valence-corrected chi connectivity index (χ1v) is 6.11. The van der Waals surface area contributed by atoms with E-state index >= 15 is 0 Å². The molecule has 0 aliphatic carbocycles. The molecule has 6 nitrogen and oxygen atoms in total. The summed E-state index contributed by atoms with van der Waals surface area (Å²) in [7, 11) is 0. The lowest BCUT2D eigenvalue weighted by Crippen LogP contribution is -2.21. The average Bonchev–Trinajstić information content (AvgIpc) is 2.85. The third kappa shape index (κ3) is 2.17. The summed E-state index contributed by atoms with van der Waals surface area (Å²) in [6.45, 7) is 0. The van der Waals surface area contributed by atoms with Crippen LogP contribution in [0.4, 0.5) is 5.69 Å². The molecule has 0 aliphatic rings. The number of fused-ring (bicyclic) bond motifs is 1. The number of hydrogen-bond acceptors (Lipinski definition) is 5. The maximum atomic E-state index is 12.0. The number of benzene rings is 2. The number of rotatable bonds is 2. The number of halogens is 1. The highest BCUT2D eigenvalue weighted by Gasteiger charge is 2.13. The van der Waals surface area contributed by atoms with Crippen molar-refractivity contribution in [2.45, 2.75) is 0 Å². The molecule has 2 N–H and O–H groups in total. The van der Waals surface area contributed by atoms with Gasteiger partial charge in [0.1, 0.15) is 11.0 Å². The fraction of sp³-hybridized carbons (Fsp3) is 0. The predicted molar refractivity (Wildman–Crippen MR) is 74.3 cm³/mol. The van der Waals surface area contributed by atoms with Crippen LogP contribution in [0, 0.1) is 0 Å². The summed E-state index contributed by atoms with van der Waals surface area (Å²) in [5, 5.41) is 8.04. The lowest BCUT2D eigenvalue weighted by molar-refractivity contribution is 0.0409. The van der Waals surface area contributed by atoms with E-state index < -0.39 is 5.97 Å². The zero-order chi connectivity index (χ0) is 14.1. The monoisotopic (exact) mass is 288 g/mol. The number of aromatic nitrogens is 3. The molecule has 0 radical (unpaired) electrons. The maximum absolute atomic E-state index is 12.0. The van der Waals surface area contributed by atoms with Crippen LogP contribution in [0.25, 0.3) is 11.0 Å². The van der Waals surface area contributed by atoms with Crippen molar-refractivity contribution in [2.75, 3.05) is 5.73 Å². The summed E-state index contributed by atoms with van der Waals surface area (Å²) in [6.07, 6.45) is 0. The molecule has 0 fully saturated rings. The molecule has 3 rings (SSSR count). The molecule has 0 spiro atoms. The van der Waals surface area contributed by atoms with E-state index in [1.807, 2.05) is 6.07 Å². The van der Waals surface area contributed by atoms with E-state index in [-0.39, 0.29) is 5.56 Å². The number of carbonyl (C=O) groups is 1. The van der Waals surface area contributed by atoms with Crippen LogP contribution in [0.3, 0.4) is 0 Å². The van der Waals surface area contributed by atoms with E-state index in [1.54, 1.807) is 18.2 Å². The molecule has 0 saturated heterocycles. The van der Waals surface area contributed by atoms with E-state index in [1.165, 1.54) is 18.2 Å². The molecule has 0 saturated carbocycles. The third-order valence-corrected chi connectivity index (χ3v) is 3.07. The van der Waals surface area contributed by atoms with Gasteiger partial charge < -0.3 is 10.6 Å². The molecule has 0 aliphatic heterocycles. The van der Waals surface area contributed by atoms with Gasteiger partial charge in [-0.2, -0.15) is 0 Å². The van der Waals surface area contributed by atoms with Crippen molar-refractivity contribution in [2.24, 2.45) is 0 Å². The van der Waals surface area contributed by atoms with E-state index in [0.29, 0.717) is 21.7 Å². The Kier molecular flexibility index (Phi) is 3.00. The van der Waals surface area contributed by atoms with Gasteiger partial charge in [0.2, 0.25) is 0 Å². The van der Waals surface area contributed by atoms with Crippen LogP contribution in [0.2, 0.25) is 5.02 Å². The second kappa shape index (κ2) is 4.82. The lowest BCUT2D eigenvalue weighted by Gasteiger charge is -2.04. The SMILES string of the molecule is Nc1cc(C(=O)On2nnc3ccccc32)ccc1Cl. The van der Waals surface area contributed by atoms with Crippen molar-refractivity contribution < 1.29 is 9.63 Å². The van der Waals surface area contributed by atoms with Crippen LogP contribution < -0.4 is 10.6 Å². The quantitative estimate of drug-likeness (QED) is 0.575. The zero-order valence-corrected chi connectivity index (χ0v) is 10.9. The first-order chi connectivity index (χ1) is 9.65. The van der Waals surface area contributed by atoms with Crippen molar-refractivity contribution in [1.29, 1.82) is 0 Å². The molecule has 1 heterocycles. The van der Waals surface area contributed by atoms with Gasteiger partial charge in [0.15, 0.2) is 0 Å². The Morgan fingerprint density at radius 2 is 2.05 bits per heavy atom. The van der Waals surface area contributed by atoms with Crippen LogP contribution >= 0.6 is 11.6 Å². The van der Waals surface area contributed by atoms with Crippen LogP contribution in [-0.4, -0.2) is 21.1 Å². The Bertz CT molecular complexity index is 800.